The van der Waals surface area contributed by atoms with E-state index in [4.69, 9.17) is 9.47 Å². The summed E-state index contributed by atoms with van der Waals surface area (Å²) in [6, 6.07) is 0. The fraction of sp³-hybridized carbons (Fsp3) is 0.944. The average Bonchev–Trinajstić information content (AvgIpc) is 3.07. The van der Waals surface area contributed by atoms with E-state index < -0.39 is 0 Å². The van der Waals surface area contributed by atoms with Crippen LogP contribution in [0.15, 0.2) is 0 Å². The Labute approximate surface area is 140 Å². The first-order valence-corrected chi connectivity index (χ1v) is 9.25. The Hall–Kier alpha value is -0.650. The molecule has 3 rings (SSSR count). The first-order chi connectivity index (χ1) is 11.0. The number of morpholine rings is 1. The van der Waals surface area contributed by atoms with Crippen molar-refractivity contribution in [3.05, 3.63) is 0 Å². The molecule has 1 atom stereocenters. The number of hydrogen-bond acceptors (Lipinski definition) is 4. The molecule has 0 unspecified atom stereocenters. The summed E-state index contributed by atoms with van der Waals surface area (Å²) in [7, 11) is 0. The lowest BCUT2D eigenvalue weighted by Crippen LogP contribution is -2.63. The molecule has 0 aromatic heterocycles. The van der Waals surface area contributed by atoms with Crippen LogP contribution in [0, 0.1) is 5.92 Å². The lowest BCUT2D eigenvalue weighted by atomic mass is 9.79. The number of nitrogens with one attached hydrogen (secondary N) is 1. The van der Waals surface area contributed by atoms with Gasteiger partial charge in [0.05, 0.1) is 24.7 Å². The number of hydrogen-bond donors (Lipinski definition) is 1. The van der Waals surface area contributed by atoms with Crippen molar-refractivity contribution < 1.29 is 14.3 Å². The van der Waals surface area contributed by atoms with Crippen molar-refractivity contribution in [1.82, 2.24) is 10.2 Å². The van der Waals surface area contributed by atoms with Gasteiger partial charge in [0, 0.05) is 31.8 Å². The topological polar surface area (TPSA) is 50.8 Å². The SMILES string of the molecule is CC1(C)CN(C2(CNC(=O)[C@H]3CCOC3)CCCCC2)CCO1. The normalized spacial score (nSPS) is 31.0. The molecule has 0 radical (unpaired) electrons. The van der Waals surface area contributed by atoms with Crippen LogP contribution in [0.5, 0.6) is 0 Å². The zero-order chi connectivity index (χ0) is 16.3. The van der Waals surface area contributed by atoms with Gasteiger partial charge in [-0.2, -0.15) is 0 Å². The summed E-state index contributed by atoms with van der Waals surface area (Å²) in [5.41, 5.74) is 0.0282. The second kappa shape index (κ2) is 7.08. The predicted molar refractivity (Wildman–Crippen MR) is 89.4 cm³/mol. The van der Waals surface area contributed by atoms with Gasteiger partial charge >= 0.3 is 0 Å². The molecule has 3 aliphatic rings. The Morgan fingerprint density at radius 3 is 2.65 bits per heavy atom. The Morgan fingerprint density at radius 2 is 2.00 bits per heavy atom. The number of carbonyl (C=O) groups is 1. The molecule has 132 valence electrons. The van der Waals surface area contributed by atoms with Crippen LogP contribution in [0.3, 0.4) is 0 Å². The van der Waals surface area contributed by atoms with E-state index in [-0.39, 0.29) is 23.0 Å². The Balaban J connectivity index is 1.65. The lowest BCUT2D eigenvalue weighted by molar-refractivity contribution is -0.131. The van der Waals surface area contributed by atoms with Gasteiger partial charge in [0.25, 0.3) is 0 Å². The standard InChI is InChI=1S/C18H32N2O3/c1-17(2)14-20(9-11-23-17)18(7-4-3-5-8-18)13-19-16(21)15-6-10-22-12-15/h15H,3-14H2,1-2H3,(H,19,21)/t15-/m0/s1. The van der Waals surface area contributed by atoms with E-state index in [0.29, 0.717) is 6.61 Å². The smallest absolute Gasteiger partial charge is 0.225 e. The van der Waals surface area contributed by atoms with E-state index in [1.807, 2.05) is 0 Å². The van der Waals surface area contributed by atoms with Crippen molar-refractivity contribution in [2.24, 2.45) is 5.92 Å². The summed E-state index contributed by atoms with van der Waals surface area (Å²) in [6.45, 7) is 9.15. The van der Waals surface area contributed by atoms with Crippen LogP contribution in [0.1, 0.15) is 52.4 Å². The predicted octanol–water partition coefficient (Wildman–Crippen LogP) is 1.95. The molecule has 2 saturated heterocycles. The largest absolute Gasteiger partial charge is 0.381 e. The highest BCUT2D eigenvalue weighted by molar-refractivity contribution is 5.79. The second-order valence-electron chi connectivity index (χ2n) is 8.09. The Bertz CT molecular complexity index is 412. The van der Waals surface area contributed by atoms with Crippen LogP contribution in [0.25, 0.3) is 0 Å². The van der Waals surface area contributed by atoms with Gasteiger partial charge in [0.1, 0.15) is 0 Å². The van der Waals surface area contributed by atoms with E-state index in [1.165, 1.54) is 32.1 Å². The van der Waals surface area contributed by atoms with Gasteiger partial charge in [-0.15, -0.1) is 0 Å². The van der Waals surface area contributed by atoms with Crippen molar-refractivity contribution in [3.63, 3.8) is 0 Å². The highest BCUT2D eigenvalue weighted by Crippen LogP contribution is 2.36. The van der Waals surface area contributed by atoms with Crippen molar-refractivity contribution in [3.8, 4) is 0 Å². The Kier molecular flexibility index (Phi) is 5.29. The number of nitrogens with zero attached hydrogens (tertiary/aromatic N) is 1. The minimum absolute atomic E-state index is 0.0526. The molecule has 1 aliphatic carbocycles. The first-order valence-electron chi connectivity index (χ1n) is 9.25. The summed E-state index contributed by atoms with van der Waals surface area (Å²) >= 11 is 0. The molecule has 5 nitrogen and oxygen atoms in total. The molecule has 1 amide bonds. The van der Waals surface area contributed by atoms with Crippen molar-refractivity contribution >= 4 is 5.91 Å². The quantitative estimate of drug-likeness (QED) is 0.859. The molecular weight excluding hydrogens is 292 g/mol. The van der Waals surface area contributed by atoms with Crippen LogP contribution in [-0.2, 0) is 14.3 Å². The molecule has 1 N–H and O–H groups in total. The van der Waals surface area contributed by atoms with Crippen molar-refractivity contribution in [2.45, 2.75) is 63.5 Å². The van der Waals surface area contributed by atoms with Crippen LogP contribution < -0.4 is 5.32 Å². The molecule has 2 heterocycles. The highest BCUT2D eigenvalue weighted by atomic mass is 16.5. The van der Waals surface area contributed by atoms with E-state index in [9.17, 15) is 4.79 Å². The van der Waals surface area contributed by atoms with Crippen molar-refractivity contribution in [1.29, 1.82) is 0 Å². The number of amides is 1. The number of carbonyl (C=O) groups excluding carboxylic acids is 1. The van der Waals surface area contributed by atoms with Gasteiger partial charge < -0.3 is 14.8 Å². The maximum atomic E-state index is 12.4. The maximum Gasteiger partial charge on any atom is 0.225 e. The summed E-state index contributed by atoms with van der Waals surface area (Å²) in [5, 5.41) is 3.26. The van der Waals surface area contributed by atoms with Crippen LogP contribution in [0.4, 0.5) is 0 Å². The zero-order valence-corrected chi connectivity index (χ0v) is 14.7. The van der Waals surface area contributed by atoms with Crippen LogP contribution in [-0.4, -0.2) is 61.4 Å². The van der Waals surface area contributed by atoms with Gasteiger partial charge in [-0.25, -0.2) is 0 Å². The van der Waals surface area contributed by atoms with E-state index in [0.717, 1.165) is 39.3 Å². The lowest BCUT2D eigenvalue weighted by Gasteiger charge is -2.51. The molecular formula is C18H32N2O3. The van der Waals surface area contributed by atoms with E-state index in [2.05, 4.69) is 24.1 Å². The molecule has 3 fully saturated rings. The average molecular weight is 324 g/mol. The van der Waals surface area contributed by atoms with Gasteiger partial charge in [-0.05, 0) is 33.1 Å². The molecule has 0 bridgehead atoms. The van der Waals surface area contributed by atoms with Gasteiger partial charge in [0.15, 0.2) is 0 Å². The van der Waals surface area contributed by atoms with Crippen LogP contribution in [0.2, 0.25) is 0 Å². The fourth-order valence-corrected chi connectivity index (χ4v) is 4.37. The molecule has 23 heavy (non-hydrogen) atoms. The molecule has 0 spiro atoms. The minimum atomic E-state index is -0.0913. The Morgan fingerprint density at radius 1 is 1.22 bits per heavy atom. The monoisotopic (exact) mass is 324 g/mol. The summed E-state index contributed by atoms with van der Waals surface area (Å²) < 4.78 is 11.2. The second-order valence-corrected chi connectivity index (χ2v) is 8.09. The highest BCUT2D eigenvalue weighted by Gasteiger charge is 2.42. The van der Waals surface area contributed by atoms with E-state index >= 15 is 0 Å². The molecule has 1 saturated carbocycles. The zero-order valence-electron chi connectivity index (χ0n) is 14.7. The first kappa shape index (κ1) is 17.2. The molecule has 2 aliphatic heterocycles. The summed E-state index contributed by atoms with van der Waals surface area (Å²) in [5.74, 6) is 0.233. The summed E-state index contributed by atoms with van der Waals surface area (Å²) in [4.78, 5) is 15.0. The van der Waals surface area contributed by atoms with Gasteiger partial charge in [-0.3, -0.25) is 9.69 Å². The van der Waals surface area contributed by atoms with E-state index in [1.54, 1.807) is 0 Å². The van der Waals surface area contributed by atoms with Crippen molar-refractivity contribution in [2.75, 3.05) is 39.5 Å². The third kappa shape index (κ3) is 4.06. The number of ether oxygens (including phenoxy) is 2. The van der Waals surface area contributed by atoms with Gasteiger partial charge in [0.2, 0.25) is 5.91 Å². The van der Waals surface area contributed by atoms with Gasteiger partial charge in [-0.1, -0.05) is 19.3 Å². The maximum absolute atomic E-state index is 12.4. The third-order valence-corrected chi connectivity index (χ3v) is 5.77. The third-order valence-electron chi connectivity index (χ3n) is 5.77. The number of rotatable bonds is 4. The molecule has 0 aromatic rings. The molecule has 0 aromatic carbocycles. The fourth-order valence-electron chi connectivity index (χ4n) is 4.37. The van der Waals surface area contributed by atoms with Crippen LogP contribution >= 0.6 is 0 Å². The minimum Gasteiger partial charge on any atom is -0.381 e. The summed E-state index contributed by atoms with van der Waals surface area (Å²) in [6.07, 6.45) is 7.08. The molecule has 5 heteroatoms.